The summed E-state index contributed by atoms with van der Waals surface area (Å²) in [4.78, 5) is 44.3. The van der Waals surface area contributed by atoms with Crippen molar-refractivity contribution in [3.63, 3.8) is 0 Å². The fraction of sp³-hybridized carbons (Fsp3) is 0.250. The smallest absolute Gasteiger partial charge is 0.311 e. The Hall–Kier alpha value is -6.08. The number of hydrogen-bond acceptors (Lipinski definition) is 8. The molecule has 4 aromatic heterocycles. The van der Waals surface area contributed by atoms with E-state index in [-0.39, 0.29) is 45.5 Å². The van der Waals surface area contributed by atoms with E-state index in [2.05, 4.69) is 40.1 Å². The summed E-state index contributed by atoms with van der Waals surface area (Å²) in [6.45, 7) is 6.34. The number of alkyl halides is 6. The molecule has 0 bridgehead atoms. The maximum absolute atomic E-state index is 14.1. The van der Waals surface area contributed by atoms with Crippen molar-refractivity contribution in [2.45, 2.75) is 51.9 Å². The number of halogens is 8. The molecule has 0 unspecified atom stereocenters. The van der Waals surface area contributed by atoms with Crippen LogP contribution in [0.15, 0.2) is 70.8 Å². The van der Waals surface area contributed by atoms with Gasteiger partial charge in [0.1, 0.15) is 35.9 Å². The average molecular weight is 735 g/mol. The molecule has 6 aromatic rings. The van der Waals surface area contributed by atoms with Crippen molar-refractivity contribution < 1.29 is 35.1 Å². The quantitative estimate of drug-likeness (QED) is 0.200. The third-order valence-electron chi connectivity index (χ3n) is 7.54. The van der Waals surface area contributed by atoms with Gasteiger partial charge in [0.15, 0.2) is 23.3 Å². The lowest BCUT2D eigenvalue weighted by molar-refractivity contribution is -0.138. The van der Waals surface area contributed by atoms with Gasteiger partial charge in [-0.25, -0.2) is 38.1 Å². The molecule has 0 aliphatic carbocycles. The zero-order valence-corrected chi connectivity index (χ0v) is 27.3. The van der Waals surface area contributed by atoms with Gasteiger partial charge in [-0.15, -0.1) is 10.2 Å². The van der Waals surface area contributed by atoms with E-state index >= 15 is 0 Å². The molecule has 52 heavy (non-hydrogen) atoms. The summed E-state index contributed by atoms with van der Waals surface area (Å²) in [5.41, 5.74) is -2.80. The van der Waals surface area contributed by atoms with Gasteiger partial charge >= 0.3 is 12.4 Å². The van der Waals surface area contributed by atoms with Gasteiger partial charge in [0, 0.05) is 24.0 Å². The van der Waals surface area contributed by atoms with Crippen molar-refractivity contribution in [3.8, 4) is 11.6 Å². The molecule has 2 atom stereocenters. The van der Waals surface area contributed by atoms with Gasteiger partial charge in [-0.1, -0.05) is 26.0 Å². The zero-order chi connectivity index (χ0) is 38.1. The zero-order valence-electron chi connectivity index (χ0n) is 27.3. The van der Waals surface area contributed by atoms with Crippen molar-refractivity contribution in [2.75, 3.05) is 0 Å². The number of aromatic amines is 2. The minimum atomic E-state index is -4.62. The molecule has 0 spiro atoms. The number of H-pyrrole nitrogens is 2. The van der Waals surface area contributed by atoms with Gasteiger partial charge in [0.05, 0.1) is 11.1 Å². The molecule has 0 aliphatic heterocycles. The van der Waals surface area contributed by atoms with Crippen LogP contribution < -0.4 is 11.1 Å². The molecule has 0 saturated carbocycles. The predicted octanol–water partition coefficient (Wildman–Crippen LogP) is 5.94. The largest absolute Gasteiger partial charge is 0.416 e. The van der Waals surface area contributed by atoms with E-state index < -0.39 is 46.9 Å². The Kier molecular flexibility index (Phi) is 10.2. The lowest BCUT2D eigenvalue weighted by atomic mass is 9.98. The first-order chi connectivity index (χ1) is 24.3. The van der Waals surface area contributed by atoms with Crippen molar-refractivity contribution in [1.82, 2.24) is 49.5 Å². The Morgan fingerprint density at radius 2 is 0.981 bits per heavy atom. The average Bonchev–Trinajstić information content (AvgIpc) is 3.74. The van der Waals surface area contributed by atoms with Crippen molar-refractivity contribution in [3.05, 3.63) is 139 Å². The normalized spacial score (nSPS) is 13.0. The van der Waals surface area contributed by atoms with Crippen LogP contribution in [-0.2, 0) is 12.4 Å². The number of nitrogens with zero attached hydrogens (tertiary/aromatic N) is 8. The van der Waals surface area contributed by atoms with E-state index in [0.717, 1.165) is 24.3 Å². The fourth-order valence-corrected chi connectivity index (χ4v) is 4.92. The molecule has 272 valence electrons. The number of nitrogens with one attached hydrogen (secondary N) is 2. The van der Waals surface area contributed by atoms with Crippen molar-refractivity contribution in [2.24, 2.45) is 0 Å². The summed E-state index contributed by atoms with van der Waals surface area (Å²) in [6, 6.07) is 7.10. The summed E-state index contributed by atoms with van der Waals surface area (Å²) < 4.78 is 107. The van der Waals surface area contributed by atoms with E-state index in [1.807, 2.05) is 0 Å². The van der Waals surface area contributed by atoms with Crippen LogP contribution >= 0.6 is 0 Å². The third kappa shape index (κ3) is 8.44. The van der Waals surface area contributed by atoms with E-state index in [4.69, 9.17) is 0 Å². The number of aromatic nitrogens is 10. The van der Waals surface area contributed by atoms with Gasteiger partial charge < -0.3 is 9.97 Å². The molecule has 0 saturated heterocycles. The molecule has 0 radical (unpaired) electrons. The first-order valence-electron chi connectivity index (χ1n) is 15.0. The summed E-state index contributed by atoms with van der Waals surface area (Å²) in [6.07, 6.45) is -6.64. The molecule has 2 N–H and O–H groups in total. The minimum Gasteiger partial charge on any atom is -0.311 e. The topological polar surface area (TPSA) is 153 Å². The Labute approximate surface area is 287 Å². The molecule has 12 nitrogen and oxygen atoms in total. The Morgan fingerprint density at radius 3 is 1.29 bits per heavy atom. The molecular formula is C32H26F8N10O2. The summed E-state index contributed by atoms with van der Waals surface area (Å²) in [5, 5.41) is 8.31. The highest BCUT2D eigenvalue weighted by Crippen LogP contribution is 2.34. The first-order valence-corrected chi connectivity index (χ1v) is 15.0. The van der Waals surface area contributed by atoms with Crippen LogP contribution in [-0.4, -0.2) is 49.5 Å². The number of benzene rings is 2. The Bertz CT molecular complexity index is 2180. The molecule has 2 aromatic carbocycles. The second-order valence-electron chi connectivity index (χ2n) is 11.4. The molecule has 6 rings (SSSR count). The van der Waals surface area contributed by atoms with Gasteiger partial charge in [-0.3, -0.25) is 9.59 Å². The Morgan fingerprint density at radius 1 is 0.615 bits per heavy atom. The Balaban J connectivity index is 0.000000201. The summed E-state index contributed by atoms with van der Waals surface area (Å²) in [5.74, 6) is -1.79. The molecule has 0 amide bonds. The number of hydrogen-bond donors (Lipinski definition) is 2. The summed E-state index contributed by atoms with van der Waals surface area (Å²) in [7, 11) is 0. The van der Waals surface area contributed by atoms with E-state index in [1.165, 1.54) is 34.2 Å². The predicted molar refractivity (Wildman–Crippen MR) is 167 cm³/mol. The number of aryl methyl sites for hydroxylation is 2. The monoisotopic (exact) mass is 734 g/mol. The second-order valence-corrected chi connectivity index (χ2v) is 11.4. The van der Waals surface area contributed by atoms with Crippen LogP contribution in [0.25, 0.3) is 11.6 Å². The minimum absolute atomic E-state index is 0.0331. The highest BCUT2D eigenvalue weighted by molar-refractivity contribution is 5.33. The lowest BCUT2D eigenvalue weighted by Crippen LogP contribution is -2.12. The van der Waals surface area contributed by atoms with Gasteiger partial charge in [0.25, 0.3) is 11.1 Å². The van der Waals surface area contributed by atoms with Gasteiger partial charge in [-0.2, -0.15) is 26.3 Å². The highest BCUT2D eigenvalue weighted by Gasteiger charge is 2.33. The van der Waals surface area contributed by atoms with E-state index in [1.54, 1.807) is 27.7 Å². The third-order valence-corrected chi connectivity index (χ3v) is 7.54. The molecule has 0 aliphatic rings. The van der Waals surface area contributed by atoms with Crippen LogP contribution in [0.1, 0.15) is 71.2 Å². The van der Waals surface area contributed by atoms with Crippen LogP contribution in [0.4, 0.5) is 35.1 Å². The molecule has 4 heterocycles. The van der Waals surface area contributed by atoms with Crippen LogP contribution in [0.5, 0.6) is 0 Å². The SMILES string of the molecule is Cc1nc(-n2cnc([C@@H](C)c3ccc(C(F)(F)F)cc3F)n2)cc(=O)[nH]1.Cc1nc(-n2cnc([C@H](C)c3ccc(C(F)(F)F)cc3F)n2)cc(=O)[nH]1. The van der Waals surface area contributed by atoms with Crippen LogP contribution in [0, 0.1) is 25.5 Å². The maximum atomic E-state index is 14.1. The van der Waals surface area contributed by atoms with Gasteiger partial charge in [0.2, 0.25) is 0 Å². The first kappa shape index (κ1) is 37.2. The van der Waals surface area contributed by atoms with Crippen LogP contribution in [0.2, 0.25) is 0 Å². The fourth-order valence-electron chi connectivity index (χ4n) is 4.92. The van der Waals surface area contributed by atoms with E-state index in [9.17, 15) is 44.7 Å². The molecular weight excluding hydrogens is 708 g/mol. The summed E-state index contributed by atoms with van der Waals surface area (Å²) >= 11 is 0. The molecule has 0 fully saturated rings. The lowest BCUT2D eigenvalue weighted by Gasteiger charge is -2.12. The molecule has 20 heteroatoms. The maximum Gasteiger partial charge on any atom is 0.416 e. The van der Waals surface area contributed by atoms with Crippen LogP contribution in [0.3, 0.4) is 0 Å². The highest BCUT2D eigenvalue weighted by atomic mass is 19.4. The second kappa shape index (κ2) is 14.3. The van der Waals surface area contributed by atoms with E-state index in [0.29, 0.717) is 23.8 Å². The number of rotatable bonds is 6. The van der Waals surface area contributed by atoms with Gasteiger partial charge in [-0.05, 0) is 49.2 Å². The standard InChI is InChI=1S/2C16H13F4N5O/c2*1-8(11-4-3-10(5-12(11)17)16(18,19)20)15-21-7-25(24-15)13-6-14(26)23-9(2)22-13/h2*3-8H,1-2H3,(H,22,23,26)/t2*8-/m10/s1. The van der Waals surface area contributed by atoms with Crippen molar-refractivity contribution >= 4 is 0 Å². The van der Waals surface area contributed by atoms with Crippen molar-refractivity contribution in [1.29, 1.82) is 0 Å².